The lowest BCUT2D eigenvalue weighted by molar-refractivity contribution is -0.384. The third-order valence-electron chi connectivity index (χ3n) is 4.71. The van der Waals surface area contributed by atoms with Gasteiger partial charge in [-0.2, -0.15) is 0 Å². The summed E-state index contributed by atoms with van der Waals surface area (Å²) in [5.41, 5.74) is 3.62. The Bertz CT molecular complexity index is 1610. The summed E-state index contributed by atoms with van der Waals surface area (Å²) in [5, 5.41) is 13.0. The maximum absolute atomic E-state index is 11.2. The first-order valence-electron chi connectivity index (χ1n) is 9.65. The van der Waals surface area contributed by atoms with Crippen molar-refractivity contribution in [1.29, 1.82) is 0 Å². The summed E-state index contributed by atoms with van der Waals surface area (Å²) < 4.78 is 11.7. The van der Waals surface area contributed by atoms with Crippen LogP contribution in [0.25, 0.3) is 33.2 Å². The van der Waals surface area contributed by atoms with Gasteiger partial charge in [0.05, 0.1) is 16.0 Å². The second kappa shape index (κ2) is 7.87. The van der Waals surface area contributed by atoms with E-state index in [9.17, 15) is 10.1 Å². The van der Waals surface area contributed by atoms with Crippen molar-refractivity contribution in [3.8, 4) is 0 Å². The second-order valence-corrected chi connectivity index (χ2v) is 8.74. The van der Waals surface area contributed by atoms with Crippen LogP contribution in [0.5, 0.6) is 0 Å². The van der Waals surface area contributed by atoms with Crippen molar-refractivity contribution >= 4 is 62.4 Å². The minimum atomic E-state index is -0.463. The van der Waals surface area contributed by atoms with Crippen LogP contribution in [0.1, 0.15) is 0 Å². The van der Waals surface area contributed by atoms with E-state index >= 15 is 0 Å². The Balaban J connectivity index is 1.46. The first-order valence-corrected chi connectivity index (χ1v) is 11.3. The number of benzene rings is 3. The Morgan fingerprint density at radius 1 is 0.667 bits per heavy atom. The predicted molar refractivity (Wildman–Crippen MR) is 122 cm³/mol. The average Bonchev–Trinajstić information content (AvgIpc) is 3.41. The van der Waals surface area contributed by atoms with Gasteiger partial charge in [-0.25, -0.2) is 19.9 Å². The summed E-state index contributed by atoms with van der Waals surface area (Å²) >= 11 is 2.40. The lowest BCUT2D eigenvalue weighted by atomic mass is 10.3. The Kier molecular flexibility index (Phi) is 4.70. The third kappa shape index (κ3) is 3.77. The number of non-ortho nitro benzene ring substituents is 1. The number of aromatic nitrogens is 4. The number of oxazole rings is 2. The Morgan fingerprint density at radius 2 is 1.21 bits per heavy atom. The minimum Gasteiger partial charge on any atom is -0.431 e. The summed E-state index contributed by atoms with van der Waals surface area (Å²) in [5.74, 6) is 0. The highest BCUT2D eigenvalue weighted by atomic mass is 32.2. The maximum atomic E-state index is 11.2. The SMILES string of the molecule is O=[N+]([O-])c1ccc2nc(Sc3nc4ccccc4o3)c(Sc3nc4ccccc4o3)nc2c1. The van der Waals surface area contributed by atoms with Crippen LogP contribution in [0, 0.1) is 10.1 Å². The fourth-order valence-electron chi connectivity index (χ4n) is 3.21. The highest BCUT2D eigenvalue weighted by Crippen LogP contribution is 2.39. The maximum Gasteiger partial charge on any atom is 0.271 e. The van der Waals surface area contributed by atoms with E-state index in [0.29, 0.717) is 42.7 Å². The van der Waals surface area contributed by atoms with E-state index in [1.165, 1.54) is 35.7 Å². The van der Waals surface area contributed by atoms with Gasteiger partial charge in [0.1, 0.15) is 21.1 Å². The number of fused-ring (bicyclic) bond motifs is 3. The van der Waals surface area contributed by atoms with Crippen LogP contribution in [0.4, 0.5) is 5.69 Å². The molecule has 6 rings (SSSR count). The van der Waals surface area contributed by atoms with Gasteiger partial charge in [0, 0.05) is 12.1 Å². The predicted octanol–water partition coefficient (Wildman–Crippen LogP) is 6.12. The number of hydrogen-bond donors (Lipinski definition) is 0. The molecule has 0 saturated heterocycles. The summed E-state index contributed by atoms with van der Waals surface area (Å²) in [6, 6.07) is 19.3. The molecule has 0 amide bonds. The number of nitro benzene ring substituents is 1. The second-order valence-electron chi connectivity index (χ2n) is 6.86. The van der Waals surface area contributed by atoms with Gasteiger partial charge in [-0.15, -0.1) is 0 Å². The molecular formula is C22H11N5O4S2. The van der Waals surface area contributed by atoms with Crippen LogP contribution in [0.2, 0.25) is 0 Å². The molecule has 0 radical (unpaired) electrons. The smallest absolute Gasteiger partial charge is 0.271 e. The van der Waals surface area contributed by atoms with Crippen LogP contribution < -0.4 is 0 Å². The molecule has 3 heterocycles. The van der Waals surface area contributed by atoms with Crippen LogP contribution in [-0.4, -0.2) is 24.9 Å². The molecule has 33 heavy (non-hydrogen) atoms. The third-order valence-corrected chi connectivity index (χ3v) is 6.50. The molecule has 0 fully saturated rings. The first-order chi connectivity index (χ1) is 16.1. The van der Waals surface area contributed by atoms with Gasteiger partial charge < -0.3 is 8.83 Å². The lowest BCUT2D eigenvalue weighted by Gasteiger charge is -2.06. The fraction of sp³-hybridized carbons (Fsp3) is 0. The van der Waals surface area contributed by atoms with Crippen molar-refractivity contribution in [2.24, 2.45) is 0 Å². The van der Waals surface area contributed by atoms with Crippen molar-refractivity contribution in [2.75, 3.05) is 0 Å². The molecule has 160 valence electrons. The van der Waals surface area contributed by atoms with Gasteiger partial charge in [0.2, 0.25) is 0 Å². The van der Waals surface area contributed by atoms with Crippen molar-refractivity contribution in [1.82, 2.24) is 19.9 Å². The molecule has 0 bridgehead atoms. The van der Waals surface area contributed by atoms with Gasteiger partial charge in [0.15, 0.2) is 11.2 Å². The monoisotopic (exact) mass is 473 g/mol. The molecule has 9 nitrogen and oxygen atoms in total. The highest BCUT2D eigenvalue weighted by molar-refractivity contribution is 8.02. The van der Waals surface area contributed by atoms with Gasteiger partial charge in [0.25, 0.3) is 16.1 Å². The molecular weight excluding hydrogens is 462 g/mol. The fourth-order valence-corrected chi connectivity index (χ4v) is 4.90. The molecule has 0 aliphatic rings. The molecule has 0 spiro atoms. The molecule has 0 saturated carbocycles. The minimum absolute atomic E-state index is 0.0611. The number of nitro groups is 1. The zero-order valence-corrected chi connectivity index (χ0v) is 18.2. The van der Waals surface area contributed by atoms with Crippen LogP contribution in [-0.2, 0) is 0 Å². The molecule has 11 heteroatoms. The van der Waals surface area contributed by atoms with Gasteiger partial charge in [-0.05, 0) is 53.9 Å². The van der Waals surface area contributed by atoms with E-state index in [2.05, 4.69) is 19.9 Å². The number of nitrogens with zero attached hydrogens (tertiary/aromatic N) is 5. The molecule has 0 aliphatic carbocycles. The number of rotatable bonds is 5. The largest absolute Gasteiger partial charge is 0.431 e. The molecule has 0 aliphatic heterocycles. The summed E-state index contributed by atoms with van der Waals surface area (Å²) in [7, 11) is 0. The van der Waals surface area contributed by atoms with E-state index in [-0.39, 0.29) is 5.69 Å². The summed E-state index contributed by atoms with van der Waals surface area (Å²) in [6.45, 7) is 0. The Labute approximate surface area is 193 Å². The van der Waals surface area contributed by atoms with Crippen molar-refractivity contribution in [3.63, 3.8) is 0 Å². The normalized spacial score (nSPS) is 11.5. The van der Waals surface area contributed by atoms with Crippen molar-refractivity contribution in [2.45, 2.75) is 20.5 Å². The molecule has 0 atom stereocenters. The standard InChI is InChI=1S/C22H11N5O4S2/c28-27(29)12-9-10-13-16(11-12)24-20(33-22-26-15-6-2-4-8-18(15)31-22)19(23-13)32-21-25-14-5-1-3-7-17(14)30-21/h1-11H. The molecule has 6 aromatic rings. The average molecular weight is 473 g/mol. The van der Waals surface area contributed by atoms with Crippen molar-refractivity contribution < 1.29 is 13.8 Å². The molecule has 3 aromatic heterocycles. The lowest BCUT2D eigenvalue weighted by Crippen LogP contribution is -1.95. The topological polar surface area (TPSA) is 121 Å². The van der Waals surface area contributed by atoms with E-state index < -0.39 is 4.92 Å². The first kappa shape index (κ1) is 19.7. The Morgan fingerprint density at radius 3 is 1.76 bits per heavy atom. The van der Waals surface area contributed by atoms with Gasteiger partial charge in [-0.3, -0.25) is 10.1 Å². The quantitative estimate of drug-likeness (QED) is 0.214. The number of hydrogen-bond acceptors (Lipinski definition) is 10. The highest BCUT2D eigenvalue weighted by Gasteiger charge is 2.19. The molecule has 3 aromatic carbocycles. The Hall–Kier alpha value is -3.96. The van der Waals surface area contributed by atoms with Gasteiger partial charge in [-0.1, -0.05) is 24.3 Å². The number of para-hydroxylation sites is 4. The van der Waals surface area contributed by atoms with Gasteiger partial charge >= 0.3 is 0 Å². The van der Waals surface area contributed by atoms with Crippen LogP contribution >= 0.6 is 23.5 Å². The van der Waals surface area contributed by atoms with Crippen molar-refractivity contribution in [3.05, 3.63) is 76.8 Å². The van der Waals surface area contributed by atoms with Crippen LogP contribution in [0.15, 0.2) is 96.1 Å². The zero-order valence-electron chi connectivity index (χ0n) is 16.5. The van der Waals surface area contributed by atoms with Crippen LogP contribution in [0.3, 0.4) is 0 Å². The summed E-state index contributed by atoms with van der Waals surface area (Å²) in [4.78, 5) is 29.1. The summed E-state index contributed by atoms with van der Waals surface area (Å²) in [6.07, 6.45) is 0. The zero-order chi connectivity index (χ0) is 22.4. The molecule has 0 unspecified atom stereocenters. The molecule has 0 N–H and O–H groups in total. The van der Waals surface area contributed by atoms with E-state index in [0.717, 1.165) is 11.0 Å². The van der Waals surface area contributed by atoms with E-state index in [1.54, 1.807) is 6.07 Å². The van der Waals surface area contributed by atoms with E-state index in [4.69, 9.17) is 8.83 Å². The van der Waals surface area contributed by atoms with E-state index in [1.807, 2.05) is 48.5 Å².